The molecule has 0 aromatic heterocycles. The fourth-order valence-corrected chi connectivity index (χ4v) is 3.11. The summed E-state index contributed by atoms with van der Waals surface area (Å²) in [5, 5.41) is 0. The van der Waals surface area contributed by atoms with Gasteiger partial charge in [0.15, 0.2) is 0 Å². The Balaban J connectivity index is 1.46. The minimum atomic E-state index is -0.717. The van der Waals surface area contributed by atoms with Crippen molar-refractivity contribution in [1.29, 1.82) is 0 Å². The molecule has 0 saturated carbocycles. The van der Waals surface area contributed by atoms with E-state index < -0.39 is 5.54 Å². The Kier molecular flexibility index (Phi) is 5.61. The van der Waals surface area contributed by atoms with E-state index in [2.05, 4.69) is 0 Å². The van der Waals surface area contributed by atoms with Gasteiger partial charge < -0.3 is 9.47 Å². The number of nitrogens with zero attached hydrogens (tertiary/aromatic N) is 1. The standard InChI is InChI=1S/C22H25NO4/c1-16-9-11-17(12-10-16)27-14-6-13-26-15-22(2,3)23-20(24)18-7-4-5-8-19(18)21(23)25/h4-5,7-12H,6,13-15H2,1-3H3. The van der Waals surface area contributed by atoms with E-state index in [1.54, 1.807) is 24.3 Å². The summed E-state index contributed by atoms with van der Waals surface area (Å²) in [6, 6.07) is 14.8. The normalized spacial score (nSPS) is 13.8. The van der Waals surface area contributed by atoms with E-state index in [1.807, 2.05) is 45.0 Å². The van der Waals surface area contributed by atoms with Gasteiger partial charge in [0.2, 0.25) is 0 Å². The number of imide groups is 1. The predicted octanol–water partition coefficient (Wildman–Crippen LogP) is 3.86. The number of fused-ring (bicyclic) bond motifs is 1. The molecule has 5 nitrogen and oxygen atoms in total. The fraction of sp³-hybridized carbons (Fsp3) is 0.364. The van der Waals surface area contributed by atoms with Crippen molar-refractivity contribution < 1.29 is 19.1 Å². The molecule has 0 spiro atoms. The zero-order chi connectivity index (χ0) is 19.4. The first kappa shape index (κ1) is 19.1. The molecule has 0 aliphatic carbocycles. The summed E-state index contributed by atoms with van der Waals surface area (Å²) >= 11 is 0. The van der Waals surface area contributed by atoms with Gasteiger partial charge in [-0.2, -0.15) is 0 Å². The van der Waals surface area contributed by atoms with E-state index in [0.29, 0.717) is 24.3 Å². The lowest BCUT2D eigenvalue weighted by molar-refractivity contribution is 0.0141. The number of hydrogen-bond donors (Lipinski definition) is 0. The Labute approximate surface area is 159 Å². The van der Waals surface area contributed by atoms with Crippen molar-refractivity contribution in [3.63, 3.8) is 0 Å². The molecule has 0 saturated heterocycles. The Hall–Kier alpha value is -2.66. The van der Waals surface area contributed by atoms with Crippen LogP contribution in [0.25, 0.3) is 0 Å². The molecule has 27 heavy (non-hydrogen) atoms. The highest BCUT2D eigenvalue weighted by molar-refractivity contribution is 6.21. The van der Waals surface area contributed by atoms with Crippen LogP contribution in [0.3, 0.4) is 0 Å². The Morgan fingerprint density at radius 2 is 1.48 bits per heavy atom. The summed E-state index contributed by atoms with van der Waals surface area (Å²) in [6.07, 6.45) is 0.728. The maximum atomic E-state index is 12.6. The molecule has 0 fully saturated rings. The highest BCUT2D eigenvalue weighted by Crippen LogP contribution is 2.29. The van der Waals surface area contributed by atoms with Crippen LogP contribution in [0.2, 0.25) is 0 Å². The fourth-order valence-electron chi connectivity index (χ4n) is 3.11. The van der Waals surface area contributed by atoms with Gasteiger partial charge in [0.1, 0.15) is 5.75 Å². The third-order valence-electron chi connectivity index (χ3n) is 4.58. The van der Waals surface area contributed by atoms with Gasteiger partial charge in [-0.1, -0.05) is 29.8 Å². The number of amides is 2. The number of benzene rings is 2. The van der Waals surface area contributed by atoms with Crippen LogP contribution in [-0.2, 0) is 4.74 Å². The summed E-state index contributed by atoms with van der Waals surface area (Å²) in [5.41, 5.74) is 1.40. The molecule has 1 aliphatic rings. The van der Waals surface area contributed by atoms with Crippen LogP contribution in [0.15, 0.2) is 48.5 Å². The Morgan fingerprint density at radius 1 is 0.889 bits per heavy atom. The first-order valence-electron chi connectivity index (χ1n) is 9.15. The van der Waals surface area contributed by atoms with Crippen LogP contribution >= 0.6 is 0 Å². The van der Waals surface area contributed by atoms with Crippen molar-refractivity contribution in [2.75, 3.05) is 19.8 Å². The van der Waals surface area contributed by atoms with Crippen molar-refractivity contribution >= 4 is 11.8 Å². The molecular formula is C22H25NO4. The van der Waals surface area contributed by atoms with Gasteiger partial charge in [0.25, 0.3) is 11.8 Å². The van der Waals surface area contributed by atoms with Crippen LogP contribution in [0.5, 0.6) is 5.75 Å². The van der Waals surface area contributed by atoms with Crippen LogP contribution in [0, 0.1) is 6.92 Å². The summed E-state index contributed by atoms with van der Waals surface area (Å²) in [6.45, 7) is 7.06. The van der Waals surface area contributed by atoms with Crippen molar-refractivity contribution in [3.8, 4) is 5.75 Å². The van der Waals surface area contributed by atoms with E-state index in [1.165, 1.54) is 10.5 Å². The lowest BCUT2D eigenvalue weighted by Gasteiger charge is -2.33. The van der Waals surface area contributed by atoms with Gasteiger partial charge in [-0.25, -0.2) is 0 Å². The quantitative estimate of drug-likeness (QED) is 0.525. The number of ether oxygens (including phenoxy) is 2. The molecule has 142 valence electrons. The monoisotopic (exact) mass is 367 g/mol. The minimum Gasteiger partial charge on any atom is -0.494 e. The van der Waals surface area contributed by atoms with Gasteiger partial charge in [-0.3, -0.25) is 14.5 Å². The van der Waals surface area contributed by atoms with E-state index in [4.69, 9.17) is 9.47 Å². The molecule has 0 N–H and O–H groups in total. The summed E-state index contributed by atoms with van der Waals surface area (Å²) in [5.74, 6) is 0.325. The molecule has 0 unspecified atom stereocenters. The number of aryl methyl sites for hydroxylation is 1. The van der Waals surface area contributed by atoms with Gasteiger partial charge in [0.05, 0.1) is 29.9 Å². The number of hydrogen-bond acceptors (Lipinski definition) is 4. The zero-order valence-electron chi connectivity index (χ0n) is 16.0. The van der Waals surface area contributed by atoms with Gasteiger partial charge in [0, 0.05) is 13.0 Å². The molecule has 2 aromatic carbocycles. The smallest absolute Gasteiger partial charge is 0.262 e. The molecule has 3 rings (SSSR count). The molecule has 0 radical (unpaired) electrons. The summed E-state index contributed by atoms with van der Waals surface area (Å²) in [7, 11) is 0. The third kappa shape index (κ3) is 4.19. The maximum Gasteiger partial charge on any atom is 0.262 e. The van der Waals surface area contributed by atoms with Crippen molar-refractivity contribution in [2.45, 2.75) is 32.7 Å². The second-order valence-electron chi connectivity index (χ2n) is 7.37. The van der Waals surface area contributed by atoms with Crippen molar-refractivity contribution in [2.24, 2.45) is 0 Å². The van der Waals surface area contributed by atoms with E-state index in [9.17, 15) is 9.59 Å². The zero-order valence-corrected chi connectivity index (χ0v) is 16.0. The molecular weight excluding hydrogens is 342 g/mol. The number of carbonyl (C=O) groups excluding carboxylic acids is 2. The molecule has 1 heterocycles. The molecule has 2 amide bonds. The highest BCUT2D eigenvalue weighted by Gasteiger charge is 2.43. The minimum absolute atomic E-state index is 0.257. The molecule has 0 atom stereocenters. The van der Waals surface area contributed by atoms with Crippen molar-refractivity contribution in [3.05, 3.63) is 65.2 Å². The van der Waals surface area contributed by atoms with Crippen LogP contribution in [0.1, 0.15) is 46.5 Å². The van der Waals surface area contributed by atoms with E-state index in [-0.39, 0.29) is 18.4 Å². The number of carbonyl (C=O) groups is 2. The average molecular weight is 367 g/mol. The van der Waals surface area contributed by atoms with Gasteiger partial charge >= 0.3 is 0 Å². The first-order chi connectivity index (χ1) is 12.9. The SMILES string of the molecule is Cc1ccc(OCCCOCC(C)(C)N2C(=O)c3ccccc3C2=O)cc1. The summed E-state index contributed by atoms with van der Waals surface area (Å²) < 4.78 is 11.4. The Morgan fingerprint density at radius 3 is 2.07 bits per heavy atom. The van der Waals surface area contributed by atoms with Crippen LogP contribution in [0.4, 0.5) is 0 Å². The maximum absolute atomic E-state index is 12.6. The Bertz CT molecular complexity index is 791. The van der Waals surface area contributed by atoms with E-state index in [0.717, 1.165) is 12.2 Å². The third-order valence-corrected chi connectivity index (χ3v) is 4.58. The first-order valence-corrected chi connectivity index (χ1v) is 9.15. The largest absolute Gasteiger partial charge is 0.494 e. The molecule has 1 aliphatic heterocycles. The topological polar surface area (TPSA) is 55.8 Å². The average Bonchev–Trinajstić information content (AvgIpc) is 2.91. The molecule has 5 heteroatoms. The van der Waals surface area contributed by atoms with Gasteiger partial charge in [-0.15, -0.1) is 0 Å². The van der Waals surface area contributed by atoms with Crippen LogP contribution in [-0.4, -0.2) is 42.1 Å². The molecule has 0 bridgehead atoms. The van der Waals surface area contributed by atoms with Crippen LogP contribution < -0.4 is 4.74 Å². The second kappa shape index (κ2) is 7.92. The highest BCUT2D eigenvalue weighted by atomic mass is 16.5. The van der Waals surface area contributed by atoms with Gasteiger partial charge in [-0.05, 0) is 45.0 Å². The predicted molar refractivity (Wildman–Crippen MR) is 103 cm³/mol. The molecule has 2 aromatic rings. The van der Waals surface area contributed by atoms with E-state index >= 15 is 0 Å². The number of rotatable bonds is 8. The summed E-state index contributed by atoms with van der Waals surface area (Å²) in [4.78, 5) is 26.5. The van der Waals surface area contributed by atoms with Crippen molar-refractivity contribution in [1.82, 2.24) is 4.90 Å². The second-order valence-corrected chi connectivity index (χ2v) is 7.37. The lowest BCUT2D eigenvalue weighted by Crippen LogP contribution is -2.50. The lowest BCUT2D eigenvalue weighted by atomic mass is 10.0.